The van der Waals surface area contributed by atoms with E-state index in [0.717, 1.165) is 0 Å². The third-order valence-corrected chi connectivity index (χ3v) is 5.83. The zero-order valence-corrected chi connectivity index (χ0v) is 14.3. The molecule has 1 atom stereocenters. The van der Waals surface area contributed by atoms with Crippen molar-refractivity contribution in [1.29, 1.82) is 0 Å². The SMILES string of the molecule is Cc1cc(C(=O)N2CCS(=O)(=O)C[C@@H]2c2cnn(C)c2)ccc1F. The Morgan fingerprint density at radius 2 is 2.12 bits per heavy atom. The van der Waals surface area contributed by atoms with Gasteiger partial charge in [0.2, 0.25) is 0 Å². The smallest absolute Gasteiger partial charge is 0.254 e. The molecule has 2 aromatic rings. The number of aryl methyl sites for hydroxylation is 2. The van der Waals surface area contributed by atoms with Gasteiger partial charge < -0.3 is 4.90 Å². The standard InChI is InChI=1S/C16H18FN3O3S/c1-11-7-12(3-4-14(11)17)16(21)20-5-6-24(22,23)10-15(20)13-8-18-19(2)9-13/h3-4,7-9,15H,5-6,10H2,1-2H3/t15-/m1/s1. The first kappa shape index (κ1) is 16.6. The van der Waals surface area contributed by atoms with Gasteiger partial charge in [0.05, 0.1) is 23.7 Å². The molecule has 24 heavy (non-hydrogen) atoms. The topological polar surface area (TPSA) is 72.3 Å². The van der Waals surface area contributed by atoms with Gasteiger partial charge in [0, 0.05) is 30.9 Å². The maximum atomic E-state index is 13.4. The Morgan fingerprint density at radius 1 is 1.38 bits per heavy atom. The molecule has 6 nitrogen and oxygen atoms in total. The molecule has 128 valence electrons. The van der Waals surface area contributed by atoms with E-state index >= 15 is 0 Å². The van der Waals surface area contributed by atoms with Crippen molar-refractivity contribution >= 4 is 15.7 Å². The minimum absolute atomic E-state index is 0.0737. The number of nitrogens with zero attached hydrogens (tertiary/aromatic N) is 3. The van der Waals surface area contributed by atoms with Crippen molar-refractivity contribution in [2.24, 2.45) is 7.05 Å². The summed E-state index contributed by atoms with van der Waals surface area (Å²) in [5, 5.41) is 4.07. The number of hydrogen-bond donors (Lipinski definition) is 0. The van der Waals surface area contributed by atoms with Crippen LogP contribution in [0.5, 0.6) is 0 Å². The maximum absolute atomic E-state index is 13.4. The Balaban J connectivity index is 1.97. The zero-order chi connectivity index (χ0) is 17.5. The van der Waals surface area contributed by atoms with Crippen LogP contribution in [0.2, 0.25) is 0 Å². The zero-order valence-electron chi connectivity index (χ0n) is 13.4. The summed E-state index contributed by atoms with van der Waals surface area (Å²) in [6.07, 6.45) is 3.28. The van der Waals surface area contributed by atoms with E-state index < -0.39 is 15.9 Å². The minimum atomic E-state index is -3.23. The van der Waals surface area contributed by atoms with E-state index in [1.54, 1.807) is 31.0 Å². The molecule has 0 N–H and O–H groups in total. The van der Waals surface area contributed by atoms with Gasteiger partial charge in [-0.2, -0.15) is 5.10 Å². The number of hydrogen-bond acceptors (Lipinski definition) is 4. The van der Waals surface area contributed by atoms with Crippen LogP contribution in [-0.4, -0.2) is 47.1 Å². The molecule has 2 heterocycles. The third-order valence-electron chi connectivity index (χ3n) is 4.21. The highest BCUT2D eigenvalue weighted by Gasteiger charge is 2.36. The highest BCUT2D eigenvalue weighted by molar-refractivity contribution is 7.91. The highest BCUT2D eigenvalue weighted by Crippen LogP contribution is 2.28. The number of carbonyl (C=O) groups excluding carboxylic acids is 1. The van der Waals surface area contributed by atoms with Gasteiger partial charge >= 0.3 is 0 Å². The maximum Gasteiger partial charge on any atom is 0.254 e. The fraction of sp³-hybridized carbons (Fsp3) is 0.375. The number of amides is 1. The Hall–Kier alpha value is -2.22. The van der Waals surface area contributed by atoms with Crippen molar-refractivity contribution in [2.75, 3.05) is 18.1 Å². The van der Waals surface area contributed by atoms with Crippen LogP contribution in [-0.2, 0) is 16.9 Å². The van der Waals surface area contributed by atoms with Crippen LogP contribution in [0.25, 0.3) is 0 Å². The van der Waals surface area contributed by atoms with Gasteiger partial charge in [0.1, 0.15) is 5.82 Å². The second-order valence-electron chi connectivity index (χ2n) is 6.04. The predicted molar refractivity (Wildman–Crippen MR) is 86.8 cm³/mol. The molecule has 1 aliphatic rings. The third kappa shape index (κ3) is 3.19. The molecular formula is C16H18FN3O3S. The average Bonchev–Trinajstić information content (AvgIpc) is 2.95. The summed E-state index contributed by atoms with van der Waals surface area (Å²) in [6.45, 7) is 1.70. The molecule has 1 amide bonds. The molecule has 1 saturated heterocycles. The number of benzene rings is 1. The minimum Gasteiger partial charge on any atom is -0.329 e. The van der Waals surface area contributed by atoms with E-state index in [9.17, 15) is 17.6 Å². The summed E-state index contributed by atoms with van der Waals surface area (Å²) in [7, 11) is -1.49. The van der Waals surface area contributed by atoms with Gasteiger partial charge in [0.15, 0.2) is 9.84 Å². The fourth-order valence-corrected chi connectivity index (χ4v) is 4.38. The first-order valence-electron chi connectivity index (χ1n) is 7.53. The van der Waals surface area contributed by atoms with Gasteiger partial charge in [0.25, 0.3) is 5.91 Å². The largest absolute Gasteiger partial charge is 0.329 e. The number of sulfone groups is 1. The van der Waals surface area contributed by atoms with E-state index in [0.29, 0.717) is 16.7 Å². The average molecular weight is 351 g/mol. The Labute approximate surface area is 139 Å². The van der Waals surface area contributed by atoms with Crippen LogP contribution in [0.15, 0.2) is 30.6 Å². The highest BCUT2D eigenvalue weighted by atomic mass is 32.2. The molecule has 0 radical (unpaired) electrons. The monoisotopic (exact) mass is 351 g/mol. The van der Waals surface area contributed by atoms with E-state index in [4.69, 9.17) is 0 Å². The second kappa shape index (κ2) is 6.01. The van der Waals surface area contributed by atoms with Gasteiger partial charge in [-0.15, -0.1) is 0 Å². The van der Waals surface area contributed by atoms with E-state index in [1.165, 1.54) is 23.1 Å². The molecule has 0 aliphatic carbocycles. The Morgan fingerprint density at radius 3 is 2.75 bits per heavy atom. The van der Waals surface area contributed by atoms with Crippen LogP contribution < -0.4 is 0 Å². The van der Waals surface area contributed by atoms with Crippen LogP contribution in [0, 0.1) is 12.7 Å². The lowest BCUT2D eigenvalue weighted by Crippen LogP contribution is -2.46. The second-order valence-corrected chi connectivity index (χ2v) is 8.27. The van der Waals surface area contributed by atoms with Crippen molar-refractivity contribution in [2.45, 2.75) is 13.0 Å². The van der Waals surface area contributed by atoms with Gasteiger partial charge in [-0.05, 0) is 30.7 Å². The molecule has 0 spiro atoms. The first-order valence-corrected chi connectivity index (χ1v) is 9.35. The summed E-state index contributed by atoms with van der Waals surface area (Å²) < 4.78 is 39.1. The van der Waals surface area contributed by atoms with Crippen molar-refractivity contribution in [3.63, 3.8) is 0 Å². The molecule has 0 saturated carbocycles. The number of halogens is 1. The van der Waals surface area contributed by atoms with E-state index in [-0.39, 0.29) is 29.8 Å². The number of aromatic nitrogens is 2. The lowest BCUT2D eigenvalue weighted by Gasteiger charge is -2.35. The fourth-order valence-electron chi connectivity index (χ4n) is 2.88. The van der Waals surface area contributed by atoms with Gasteiger partial charge in [-0.25, -0.2) is 12.8 Å². The summed E-state index contributed by atoms with van der Waals surface area (Å²) in [5.74, 6) is -0.890. The molecule has 1 aromatic carbocycles. The summed E-state index contributed by atoms with van der Waals surface area (Å²) >= 11 is 0. The van der Waals surface area contributed by atoms with E-state index in [2.05, 4.69) is 5.10 Å². The lowest BCUT2D eigenvalue weighted by molar-refractivity contribution is 0.0697. The van der Waals surface area contributed by atoms with Crippen LogP contribution in [0.4, 0.5) is 4.39 Å². The van der Waals surface area contributed by atoms with E-state index in [1.807, 2.05) is 0 Å². The van der Waals surface area contributed by atoms with Gasteiger partial charge in [-0.3, -0.25) is 9.48 Å². The molecule has 8 heteroatoms. The number of rotatable bonds is 2. The molecule has 1 aliphatic heterocycles. The van der Waals surface area contributed by atoms with Crippen molar-refractivity contribution in [3.8, 4) is 0 Å². The summed E-state index contributed by atoms with van der Waals surface area (Å²) in [4.78, 5) is 14.4. The summed E-state index contributed by atoms with van der Waals surface area (Å²) in [6, 6.07) is 3.58. The van der Waals surface area contributed by atoms with Crippen LogP contribution in [0.3, 0.4) is 0 Å². The van der Waals surface area contributed by atoms with Crippen molar-refractivity contribution in [3.05, 3.63) is 53.1 Å². The predicted octanol–water partition coefficient (Wildman–Crippen LogP) is 1.48. The molecule has 0 unspecified atom stereocenters. The molecule has 0 bridgehead atoms. The summed E-state index contributed by atoms with van der Waals surface area (Å²) in [5.41, 5.74) is 1.40. The van der Waals surface area contributed by atoms with Crippen molar-refractivity contribution < 1.29 is 17.6 Å². The number of carbonyl (C=O) groups is 1. The Bertz CT molecular complexity index is 892. The molecule has 3 rings (SSSR count). The first-order chi connectivity index (χ1) is 11.3. The molecule has 1 aromatic heterocycles. The molecular weight excluding hydrogens is 333 g/mol. The van der Waals surface area contributed by atoms with Crippen molar-refractivity contribution in [1.82, 2.24) is 14.7 Å². The quantitative estimate of drug-likeness (QED) is 0.822. The van der Waals surface area contributed by atoms with Crippen LogP contribution >= 0.6 is 0 Å². The lowest BCUT2D eigenvalue weighted by atomic mass is 10.1. The normalized spacial score (nSPS) is 20.1. The molecule has 1 fully saturated rings. The van der Waals surface area contributed by atoms with Crippen LogP contribution in [0.1, 0.15) is 27.5 Å². The van der Waals surface area contributed by atoms with Gasteiger partial charge in [-0.1, -0.05) is 0 Å². The Kier molecular flexibility index (Phi) is 4.16.